The van der Waals surface area contributed by atoms with Crippen LogP contribution in [0.1, 0.15) is 19.3 Å². The Kier molecular flexibility index (Phi) is 6.41. The highest BCUT2D eigenvalue weighted by Crippen LogP contribution is 2.10. The largest absolute Gasteiger partial charge is 0.481 e. The minimum Gasteiger partial charge on any atom is -0.481 e. The van der Waals surface area contributed by atoms with Crippen molar-refractivity contribution >= 4 is 11.9 Å². The SMILES string of the molecule is O=C(O)CCN1CCN(CC(=O)NCC2CCCO2)CC1. The molecule has 21 heavy (non-hydrogen) atoms. The predicted octanol–water partition coefficient (Wildman–Crippen LogP) is -0.626. The monoisotopic (exact) mass is 299 g/mol. The summed E-state index contributed by atoms with van der Waals surface area (Å²) < 4.78 is 5.47. The van der Waals surface area contributed by atoms with Crippen molar-refractivity contribution in [3.8, 4) is 0 Å². The summed E-state index contributed by atoms with van der Waals surface area (Å²) in [6.45, 7) is 5.70. The lowest BCUT2D eigenvalue weighted by atomic mass is 10.2. The van der Waals surface area contributed by atoms with Gasteiger partial charge in [0.15, 0.2) is 0 Å². The Labute approximate surface area is 125 Å². The zero-order valence-electron chi connectivity index (χ0n) is 12.4. The Balaban J connectivity index is 1.57. The Morgan fingerprint density at radius 1 is 1.19 bits per heavy atom. The first-order valence-electron chi connectivity index (χ1n) is 7.68. The van der Waals surface area contributed by atoms with Gasteiger partial charge in [0, 0.05) is 45.9 Å². The summed E-state index contributed by atoms with van der Waals surface area (Å²) >= 11 is 0. The van der Waals surface area contributed by atoms with E-state index in [0.29, 0.717) is 19.6 Å². The number of hydrogen-bond donors (Lipinski definition) is 2. The summed E-state index contributed by atoms with van der Waals surface area (Å²) in [7, 11) is 0. The smallest absolute Gasteiger partial charge is 0.304 e. The van der Waals surface area contributed by atoms with Crippen molar-refractivity contribution in [2.75, 3.05) is 52.4 Å². The quantitative estimate of drug-likeness (QED) is 0.652. The summed E-state index contributed by atoms with van der Waals surface area (Å²) in [5.74, 6) is -0.713. The second kappa shape index (κ2) is 8.31. The zero-order valence-corrected chi connectivity index (χ0v) is 12.4. The van der Waals surface area contributed by atoms with E-state index in [2.05, 4.69) is 15.1 Å². The van der Waals surface area contributed by atoms with E-state index in [9.17, 15) is 9.59 Å². The number of amides is 1. The van der Waals surface area contributed by atoms with Gasteiger partial charge in [-0.25, -0.2) is 0 Å². The van der Waals surface area contributed by atoms with Gasteiger partial charge in [-0.05, 0) is 12.8 Å². The van der Waals surface area contributed by atoms with Gasteiger partial charge in [-0.1, -0.05) is 0 Å². The Bertz CT molecular complexity index is 350. The molecule has 1 unspecified atom stereocenters. The molecule has 0 radical (unpaired) electrons. The molecule has 0 spiro atoms. The zero-order chi connectivity index (χ0) is 15.1. The van der Waals surface area contributed by atoms with Gasteiger partial charge in [-0.3, -0.25) is 14.5 Å². The fraction of sp³-hybridized carbons (Fsp3) is 0.857. The summed E-state index contributed by atoms with van der Waals surface area (Å²) in [5, 5.41) is 11.6. The third kappa shape index (κ3) is 5.99. The van der Waals surface area contributed by atoms with Crippen LogP contribution in [0.3, 0.4) is 0 Å². The highest BCUT2D eigenvalue weighted by molar-refractivity contribution is 5.78. The molecule has 2 rings (SSSR count). The average molecular weight is 299 g/mol. The van der Waals surface area contributed by atoms with Crippen LogP contribution in [0.4, 0.5) is 0 Å². The van der Waals surface area contributed by atoms with Gasteiger partial charge in [0.1, 0.15) is 0 Å². The van der Waals surface area contributed by atoms with E-state index in [4.69, 9.17) is 9.84 Å². The van der Waals surface area contributed by atoms with E-state index in [1.165, 1.54) is 0 Å². The topological polar surface area (TPSA) is 82.1 Å². The highest BCUT2D eigenvalue weighted by Gasteiger charge is 2.20. The maximum atomic E-state index is 11.9. The lowest BCUT2D eigenvalue weighted by Crippen LogP contribution is -2.50. The number of nitrogens with one attached hydrogen (secondary N) is 1. The van der Waals surface area contributed by atoms with Crippen LogP contribution in [0, 0.1) is 0 Å². The van der Waals surface area contributed by atoms with Gasteiger partial charge >= 0.3 is 5.97 Å². The van der Waals surface area contributed by atoms with E-state index >= 15 is 0 Å². The summed E-state index contributed by atoms with van der Waals surface area (Å²) in [4.78, 5) is 26.6. The van der Waals surface area contributed by atoms with Crippen LogP contribution in [0.2, 0.25) is 0 Å². The van der Waals surface area contributed by atoms with E-state index in [1.54, 1.807) is 0 Å². The molecule has 0 saturated carbocycles. The van der Waals surface area contributed by atoms with Gasteiger partial charge in [-0.15, -0.1) is 0 Å². The summed E-state index contributed by atoms with van der Waals surface area (Å²) in [6.07, 6.45) is 2.48. The van der Waals surface area contributed by atoms with Crippen molar-refractivity contribution in [1.29, 1.82) is 0 Å². The molecule has 0 aromatic carbocycles. The first kappa shape index (κ1) is 16.2. The number of carbonyl (C=O) groups is 2. The number of carboxylic acid groups (broad SMARTS) is 1. The summed E-state index contributed by atoms with van der Waals surface area (Å²) in [5.41, 5.74) is 0. The minimum atomic E-state index is -0.758. The maximum absolute atomic E-state index is 11.9. The Morgan fingerprint density at radius 3 is 2.52 bits per heavy atom. The fourth-order valence-electron chi connectivity index (χ4n) is 2.72. The van der Waals surface area contributed by atoms with Crippen LogP contribution in [0.25, 0.3) is 0 Å². The number of aliphatic carboxylic acids is 1. The maximum Gasteiger partial charge on any atom is 0.304 e. The molecule has 7 heteroatoms. The fourth-order valence-corrected chi connectivity index (χ4v) is 2.72. The summed E-state index contributed by atoms with van der Waals surface area (Å²) in [6, 6.07) is 0. The van der Waals surface area contributed by atoms with Gasteiger partial charge in [-0.2, -0.15) is 0 Å². The molecule has 2 N–H and O–H groups in total. The lowest BCUT2D eigenvalue weighted by Gasteiger charge is -2.34. The van der Waals surface area contributed by atoms with Crippen LogP contribution >= 0.6 is 0 Å². The van der Waals surface area contributed by atoms with Gasteiger partial charge in [0.05, 0.1) is 19.1 Å². The number of carbonyl (C=O) groups excluding carboxylic acids is 1. The molecule has 0 aromatic heterocycles. The van der Waals surface area contributed by atoms with Crippen LogP contribution in [0.5, 0.6) is 0 Å². The van der Waals surface area contributed by atoms with Crippen molar-refractivity contribution < 1.29 is 19.4 Å². The first-order valence-corrected chi connectivity index (χ1v) is 7.68. The van der Waals surface area contributed by atoms with Crippen LogP contribution in [-0.2, 0) is 14.3 Å². The van der Waals surface area contributed by atoms with Crippen LogP contribution in [-0.4, -0.2) is 85.3 Å². The van der Waals surface area contributed by atoms with Crippen molar-refractivity contribution in [3.63, 3.8) is 0 Å². The number of carboxylic acids is 1. The number of rotatable bonds is 7. The molecule has 0 bridgehead atoms. The molecule has 120 valence electrons. The Hall–Kier alpha value is -1.18. The number of nitrogens with zero attached hydrogens (tertiary/aromatic N) is 2. The molecule has 7 nitrogen and oxygen atoms in total. The van der Waals surface area contributed by atoms with E-state index in [-0.39, 0.29) is 18.4 Å². The minimum absolute atomic E-state index is 0.0458. The third-order valence-electron chi connectivity index (χ3n) is 4.02. The first-order chi connectivity index (χ1) is 10.1. The van der Waals surface area contributed by atoms with Crippen molar-refractivity contribution in [2.45, 2.75) is 25.4 Å². The van der Waals surface area contributed by atoms with E-state index in [0.717, 1.165) is 45.6 Å². The molecule has 2 aliphatic rings. The van der Waals surface area contributed by atoms with Crippen LogP contribution in [0.15, 0.2) is 0 Å². The Morgan fingerprint density at radius 2 is 1.90 bits per heavy atom. The number of ether oxygens (including phenoxy) is 1. The van der Waals surface area contributed by atoms with Crippen molar-refractivity contribution in [3.05, 3.63) is 0 Å². The van der Waals surface area contributed by atoms with E-state index in [1.807, 2.05) is 0 Å². The van der Waals surface area contributed by atoms with Crippen molar-refractivity contribution in [1.82, 2.24) is 15.1 Å². The molecule has 0 aromatic rings. The molecule has 2 heterocycles. The molecule has 1 amide bonds. The third-order valence-corrected chi connectivity index (χ3v) is 4.02. The van der Waals surface area contributed by atoms with Gasteiger partial charge in [0.2, 0.25) is 5.91 Å². The molecule has 0 aliphatic carbocycles. The second-order valence-electron chi connectivity index (χ2n) is 5.70. The molecule has 1 atom stereocenters. The predicted molar refractivity (Wildman–Crippen MR) is 77.1 cm³/mol. The highest BCUT2D eigenvalue weighted by atomic mass is 16.5. The van der Waals surface area contributed by atoms with E-state index < -0.39 is 5.97 Å². The number of hydrogen-bond acceptors (Lipinski definition) is 5. The lowest BCUT2D eigenvalue weighted by molar-refractivity contribution is -0.137. The van der Waals surface area contributed by atoms with Crippen molar-refractivity contribution in [2.24, 2.45) is 0 Å². The average Bonchev–Trinajstić information content (AvgIpc) is 2.98. The molecule has 2 saturated heterocycles. The number of piperazine rings is 1. The van der Waals surface area contributed by atoms with Gasteiger partial charge in [0.25, 0.3) is 0 Å². The molecular formula is C14H25N3O4. The molecule has 2 fully saturated rings. The standard InChI is InChI=1S/C14H25N3O4/c18-13(15-10-12-2-1-9-21-12)11-17-7-5-16(6-8-17)4-3-14(19)20/h12H,1-11H2,(H,15,18)(H,19,20). The molecular weight excluding hydrogens is 274 g/mol. The molecule has 2 aliphatic heterocycles. The van der Waals surface area contributed by atoms with Crippen LogP contribution < -0.4 is 5.32 Å². The normalized spacial score (nSPS) is 24.1. The van der Waals surface area contributed by atoms with Gasteiger partial charge < -0.3 is 20.1 Å². The second-order valence-corrected chi connectivity index (χ2v) is 5.70.